The summed E-state index contributed by atoms with van der Waals surface area (Å²) in [6, 6.07) is 16.8. The predicted molar refractivity (Wildman–Crippen MR) is 179 cm³/mol. The molecule has 7 nitrogen and oxygen atoms in total. The summed E-state index contributed by atoms with van der Waals surface area (Å²) in [4.78, 5) is 28.8. The highest BCUT2D eigenvalue weighted by Gasteiger charge is 2.16. The molecule has 0 aliphatic heterocycles. The second-order valence-electron chi connectivity index (χ2n) is 9.17. The Morgan fingerprint density at radius 2 is 1.40 bits per heavy atom. The summed E-state index contributed by atoms with van der Waals surface area (Å²) in [5.41, 5.74) is 3.43. The van der Waals surface area contributed by atoms with Gasteiger partial charge in [0, 0.05) is 36.9 Å². The van der Waals surface area contributed by atoms with E-state index in [9.17, 15) is 9.59 Å². The quantitative estimate of drug-likeness (QED) is 0.199. The second kappa shape index (κ2) is 22.8. The molecule has 0 radical (unpaired) electrons. The van der Waals surface area contributed by atoms with E-state index >= 15 is 0 Å². The lowest BCUT2D eigenvalue weighted by Gasteiger charge is -2.20. The Balaban J connectivity index is 0.00000276. The van der Waals surface area contributed by atoms with Crippen molar-refractivity contribution in [2.24, 2.45) is 0 Å². The van der Waals surface area contributed by atoms with Crippen molar-refractivity contribution in [1.82, 2.24) is 4.98 Å². The summed E-state index contributed by atoms with van der Waals surface area (Å²) < 4.78 is 17.4. The summed E-state index contributed by atoms with van der Waals surface area (Å²) in [6.45, 7) is 20.0. The van der Waals surface area contributed by atoms with E-state index in [4.69, 9.17) is 14.2 Å². The number of Topliss-reactive ketones (excluding diaryl/α,β-unsaturated/α-hetero) is 1. The number of benzene rings is 2. The molecule has 3 rings (SSSR count). The normalized spacial score (nSPS) is 11.1. The number of anilines is 1. The topological polar surface area (TPSA) is 86.8 Å². The van der Waals surface area contributed by atoms with Crippen molar-refractivity contribution in [3.8, 4) is 11.5 Å². The van der Waals surface area contributed by atoms with Crippen LogP contribution in [0.1, 0.15) is 108 Å². The SMILES string of the molecule is CC.CC.CC.CCCc1ccccc1CC(C)Oc1cc(OC(C)COC)cc(C(=O)Nc2ccc(C(C)=O)cn2)c1. The maximum atomic E-state index is 13.1. The van der Waals surface area contributed by atoms with Crippen LogP contribution in [-0.4, -0.2) is 42.6 Å². The molecule has 0 spiro atoms. The van der Waals surface area contributed by atoms with Crippen LogP contribution < -0.4 is 14.8 Å². The Morgan fingerprint density at radius 3 is 1.91 bits per heavy atom. The Bertz CT molecular complexity index is 1190. The van der Waals surface area contributed by atoms with Gasteiger partial charge in [0.2, 0.25) is 0 Å². The van der Waals surface area contributed by atoms with Crippen LogP contribution in [0.5, 0.6) is 11.5 Å². The molecule has 0 fully saturated rings. The second-order valence-corrected chi connectivity index (χ2v) is 9.17. The summed E-state index contributed by atoms with van der Waals surface area (Å²) in [5, 5.41) is 2.77. The molecule has 2 atom stereocenters. The van der Waals surface area contributed by atoms with Crippen LogP contribution in [0.3, 0.4) is 0 Å². The van der Waals surface area contributed by atoms with Gasteiger partial charge < -0.3 is 19.5 Å². The number of hydrogen-bond donors (Lipinski definition) is 1. The average molecular weight is 595 g/mol. The van der Waals surface area contributed by atoms with E-state index in [2.05, 4.69) is 35.4 Å². The van der Waals surface area contributed by atoms with Crippen molar-refractivity contribution in [3.63, 3.8) is 0 Å². The van der Waals surface area contributed by atoms with Crippen LogP contribution in [0.2, 0.25) is 0 Å². The number of rotatable bonds is 13. The minimum Gasteiger partial charge on any atom is -0.490 e. The van der Waals surface area contributed by atoms with E-state index in [1.165, 1.54) is 24.2 Å². The van der Waals surface area contributed by atoms with Crippen LogP contribution in [0.25, 0.3) is 0 Å². The Kier molecular flexibility index (Phi) is 20.9. The first-order chi connectivity index (χ1) is 20.8. The molecule has 2 aromatic carbocycles. The first kappa shape index (κ1) is 39.3. The first-order valence-electron chi connectivity index (χ1n) is 15.6. The number of carbonyl (C=O) groups excluding carboxylic acids is 2. The lowest BCUT2D eigenvalue weighted by molar-refractivity contribution is 0.0913. The zero-order valence-corrected chi connectivity index (χ0v) is 28.2. The molecule has 238 valence electrons. The van der Waals surface area contributed by atoms with Gasteiger partial charge in [-0.3, -0.25) is 9.59 Å². The fourth-order valence-corrected chi connectivity index (χ4v) is 4.06. The van der Waals surface area contributed by atoms with Gasteiger partial charge in [-0.2, -0.15) is 0 Å². The molecule has 3 aromatic rings. The highest BCUT2D eigenvalue weighted by atomic mass is 16.5. The van der Waals surface area contributed by atoms with Gasteiger partial charge in [-0.25, -0.2) is 4.98 Å². The number of methoxy groups -OCH3 is 1. The summed E-state index contributed by atoms with van der Waals surface area (Å²) in [6.07, 6.45) is 3.95. The number of nitrogens with one attached hydrogen (secondary N) is 1. The fraction of sp³-hybridized carbons (Fsp3) is 0.472. The zero-order valence-electron chi connectivity index (χ0n) is 28.2. The monoisotopic (exact) mass is 594 g/mol. The van der Waals surface area contributed by atoms with Crippen molar-refractivity contribution >= 4 is 17.5 Å². The summed E-state index contributed by atoms with van der Waals surface area (Å²) in [5.74, 6) is 0.933. The van der Waals surface area contributed by atoms with Gasteiger partial charge in [0.25, 0.3) is 5.91 Å². The van der Waals surface area contributed by atoms with Crippen LogP contribution in [-0.2, 0) is 17.6 Å². The molecule has 2 unspecified atom stereocenters. The summed E-state index contributed by atoms with van der Waals surface area (Å²) in [7, 11) is 1.61. The van der Waals surface area contributed by atoms with Gasteiger partial charge in [0.1, 0.15) is 23.4 Å². The van der Waals surface area contributed by atoms with Crippen molar-refractivity contribution in [1.29, 1.82) is 0 Å². The van der Waals surface area contributed by atoms with Crippen molar-refractivity contribution < 1.29 is 23.8 Å². The number of nitrogens with zero attached hydrogens (tertiary/aromatic N) is 1. The highest BCUT2D eigenvalue weighted by Crippen LogP contribution is 2.26. The molecule has 1 aromatic heterocycles. The molecule has 0 aliphatic rings. The number of ketones is 1. The number of pyridine rings is 1. The molecule has 7 heteroatoms. The molecule has 1 heterocycles. The average Bonchev–Trinajstić information content (AvgIpc) is 3.01. The number of aromatic nitrogens is 1. The Hall–Kier alpha value is -3.71. The third-order valence-corrected chi connectivity index (χ3v) is 5.77. The summed E-state index contributed by atoms with van der Waals surface area (Å²) >= 11 is 0. The molecular formula is C36H54N2O5. The highest BCUT2D eigenvalue weighted by molar-refractivity contribution is 6.04. The van der Waals surface area contributed by atoms with Gasteiger partial charge >= 0.3 is 0 Å². The van der Waals surface area contributed by atoms with Crippen LogP contribution in [0, 0.1) is 0 Å². The lowest BCUT2D eigenvalue weighted by Crippen LogP contribution is -2.20. The van der Waals surface area contributed by atoms with Crippen molar-refractivity contribution in [2.75, 3.05) is 19.0 Å². The molecular weight excluding hydrogens is 540 g/mol. The molecule has 43 heavy (non-hydrogen) atoms. The van der Waals surface area contributed by atoms with Gasteiger partial charge in [-0.15, -0.1) is 0 Å². The van der Waals surface area contributed by atoms with Crippen LogP contribution in [0.15, 0.2) is 60.8 Å². The minimum atomic E-state index is -0.362. The Morgan fingerprint density at radius 1 is 0.814 bits per heavy atom. The van der Waals surface area contributed by atoms with E-state index in [1.54, 1.807) is 37.4 Å². The van der Waals surface area contributed by atoms with Gasteiger partial charge in [0.05, 0.1) is 12.7 Å². The van der Waals surface area contributed by atoms with E-state index < -0.39 is 0 Å². The number of aryl methyl sites for hydroxylation is 1. The predicted octanol–water partition coefficient (Wildman–Crippen LogP) is 8.99. The van der Waals surface area contributed by atoms with E-state index in [-0.39, 0.29) is 23.9 Å². The molecule has 0 saturated carbocycles. The number of carbonyl (C=O) groups is 2. The Labute approximate surface area is 260 Å². The van der Waals surface area contributed by atoms with Gasteiger partial charge in [-0.1, -0.05) is 79.2 Å². The van der Waals surface area contributed by atoms with Gasteiger partial charge in [-0.05, 0) is 62.6 Å². The molecule has 0 bridgehead atoms. The number of amides is 1. The first-order valence-corrected chi connectivity index (χ1v) is 15.6. The third-order valence-electron chi connectivity index (χ3n) is 5.77. The number of hydrogen-bond acceptors (Lipinski definition) is 6. The van der Waals surface area contributed by atoms with Crippen molar-refractivity contribution in [2.45, 2.75) is 101 Å². The minimum absolute atomic E-state index is 0.0892. The molecule has 0 aliphatic carbocycles. The van der Waals surface area contributed by atoms with Crippen LogP contribution >= 0.6 is 0 Å². The fourth-order valence-electron chi connectivity index (χ4n) is 4.06. The van der Waals surface area contributed by atoms with Crippen LogP contribution in [0.4, 0.5) is 5.82 Å². The van der Waals surface area contributed by atoms with Crippen molar-refractivity contribution in [3.05, 3.63) is 83.0 Å². The van der Waals surface area contributed by atoms with Gasteiger partial charge in [0.15, 0.2) is 5.78 Å². The molecule has 0 saturated heterocycles. The molecule has 1 N–H and O–H groups in total. The number of ether oxygens (including phenoxy) is 3. The largest absolute Gasteiger partial charge is 0.490 e. The van der Waals surface area contributed by atoms with E-state index in [0.717, 1.165) is 19.3 Å². The van der Waals surface area contributed by atoms with E-state index in [0.29, 0.717) is 35.1 Å². The zero-order chi connectivity index (χ0) is 32.8. The maximum Gasteiger partial charge on any atom is 0.257 e. The molecule has 1 amide bonds. The maximum absolute atomic E-state index is 13.1. The van der Waals surface area contributed by atoms with E-state index in [1.807, 2.05) is 61.5 Å². The lowest BCUT2D eigenvalue weighted by atomic mass is 9.99. The smallest absolute Gasteiger partial charge is 0.257 e. The third kappa shape index (κ3) is 14.3. The standard InChI is InChI=1S/C30H36N2O5.3C2H6/c1-6-9-23-10-7-8-11-24(23)14-20(2)36-27-15-26(16-28(17-27)37-21(3)19-35-5)30(34)32-29-13-12-25(18-31-29)22(4)33;3*1-2/h7-8,10-13,15-18,20-21H,6,9,14,19H2,1-5H3,(H,31,32,34);3*1-2H3.